The molecule has 0 unspecified atom stereocenters. The van der Waals surface area contributed by atoms with Crippen LogP contribution in [0.2, 0.25) is 4.34 Å². The molecule has 43 heavy (non-hydrogen) atoms. The number of rotatable bonds is 9. The number of urea groups is 1. The number of carbonyl (C=O) groups is 3. The van der Waals surface area contributed by atoms with Gasteiger partial charge in [0.2, 0.25) is 21.8 Å². The van der Waals surface area contributed by atoms with Crippen LogP contribution >= 0.6 is 22.9 Å². The fourth-order valence-corrected chi connectivity index (χ4v) is 7.85. The van der Waals surface area contributed by atoms with Crippen LogP contribution in [0.5, 0.6) is 0 Å². The molecule has 5 rings (SSSR count). The fourth-order valence-electron chi connectivity index (χ4n) is 5.78. The second-order valence-corrected chi connectivity index (χ2v) is 14.4. The summed E-state index contributed by atoms with van der Waals surface area (Å²) in [4.78, 5) is 47.3. The average Bonchev–Trinajstić information content (AvgIpc) is 3.63. The predicted octanol–water partition coefficient (Wildman–Crippen LogP) is 3.12. The Kier molecular flexibility index (Phi) is 10.4. The Morgan fingerprint density at radius 2 is 1.72 bits per heavy atom. The van der Waals surface area contributed by atoms with Gasteiger partial charge in [-0.1, -0.05) is 29.8 Å². The monoisotopic (exact) mass is 648 g/mol. The van der Waals surface area contributed by atoms with Crippen molar-refractivity contribution in [1.82, 2.24) is 24.3 Å². The molecule has 11 nitrogen and oxygen atoms in total. The molecule has 0 saturated carbocycles. The number of piperazine rings is 1. The first kappa shape index (κ1) is 31.5. The van der Waals surface area contributed by atoms with Crippen molar-refractivity contribution < 1.29 is 22.8 Å². The molecule has 232 valence electrons. The summed E-state index contributed by atoms with van der Waals surface area (Å²) in [7, 11) is -3.86. The largest absolute Gasteiger partial charge is 0.337 e. The molecule has 3 saturated heterocycles. The van der Waals surface area contributed by atoms with Crippen LogP contribution in [-0.2, 0) is 19.6 Å². The van der Waals surface area contributed by atoms with Crippen molar-refractivity contribution in [2.24, 2.45) is 0 Å². The van der Waals surface area contributed by atoms with Crippen LogP contribution in [0.15, 0.2) is 47.9 Å². The number of anilines is 1. The third-order valence-corrected chi connectivity index (χ3v) is 10.3. The number of benzene rings is 1. The second-order valence-electron chi connectivity index (χ2n) is 11.0. The van der Waals surface area contributed by atoms with E-state index in [1.165, 1.54) is 22.3 Å². The van der Waals surface area contributed by atoms with Crippen molar-refractivity contribution in [2.75, 3.05) is 57.7 Å². The van der Waals surface area contributed by atoms with Crippen molar-refractivity contribution >= 4 is 62.6 Å². The van der Waals surface area contributed by atoms with E-state index in [4.69, 9.17) is 11.6 Å². The Bertz CT molecular complexity index is 1430. The molecule has 0 spiro atoms. The number of hydrogen-bond donors (Lipinski definition) is 2. The van der Waals surface area contributed by atoms with Gasteiger partial charge in [0.05, 0.1) is 10.9 Å². The summed E-state index contributed by atoms with van der Waals surface area (Å²) in [6, 6.07) is 11.8. The van der Waals surface area contributed by atoms with E-state index >= 15 is 0 Å². The quantitative estimate of drug-likeness (QED) is 0.431. The Balaban J connectivity index is 1.09. The van der Waals surface area contributed by atoms with Gasteiger partial charge in [0, 0.05) is 67.8 Å². The van der Waals surface area contributed by atoms with Crippen molar-refractivity contribution in [3.8, 4) is 0 Å². The van der Waals surface area contributed by atoms with Crippen LogP contribution in [0.25, 0.3) is 6.08 Å². The minimum Gasteiger partial charge on any atom is -0.337 e. The summed E-state index contributed by atoms with van der Waals surface area (Å²) < 4.78 is 28.3. The normalized spacial score (nSPS) is 22.0. The number of carbonyl (C=O) groups excluding carboxylic acids is 3. The highest BCUT2D eigenvalue weighted by Crippen LogP contribution is 2.23. The minimum absolute atomic E-state index is 0.0438. The fraction of sp³-hybridized carbons (Fsp3) is 0.483. The van der Waals surface area contributed by atoms with Crippen LogP contribution in [0.3, 0.4) is 0 Å². The third-order valence-electron chi connectivity index (χ3n) is 8.02. The summed E-state index contributed by atoms with van der Waals surface area (Å²) >= 11 is 7.16. The van der Waals surface area contributed by atoms with Gasteiger partial charge < -0.3 is 20.0 Å². The summed E-state index contributed by atoms with van der Waals surface area (Å²) in [5.74, 6) is -0.494. The van der Waals surface area contributed by atoms with Crippen molar-refractivity contribution in [3.05, 3.63) is 57.1 Å². The molecular formula is C29H37ClN6O5S2. The predicted molar refractivity (Wildman–Crippen MR) is 168 cm³/mol. The van der Waals surface area contributed by atoms with Gasteiger partial charge in [0.1, 0.15) is 6.04 Å². The summed E-state index contributed by atoms with van der Waals surface area (Å²) in [6.45, 7) is 4.37. The average molecular weight is 649 g/mol. The summed E-state index contributed by atoms with van der Waals surface area (Å²) in [6.07, 6.45) is 4.21. The Labute approximate surface area is 261 Å². The molecule has 2 aromatic rings. The number of thiophene rings is 1. The van der Waals surface area contributed by atoms with Gasteiger partial charge in [-0.05, 0) is 56.0 Å². The lowest BCUT2D eigenvalue weighted by atomic mass is 10.1. The van der Waals surface area contributed by atoms with Gasteiger partial charge in [-0.3, -0.25) is 14.5 Å². The van der Waals surface area contributed by atoms with Gasteiger partial charge >= 0.3 is 6.03 Å². The first-order valence-electron chi connectivity index (χ1n) is 14.5. The van der Waals surface area contributed by atoms with Crippen molar-refractivity contribution in [3.63, 3.8) is 0 Å². The van der Waals surface area contributed by atoms with Gasteiger partial charge in [-0.15, -0.1) is 11.3 Å². The third kappa shape index (κ3) is 8.57. The molecule has 4 amide bonds. The second kappa shape index (κ2) is 14.2. The minimum atomic E-state index is -3.86. The number of sulfonamides is 1. The lowest BCUT2D eigenvalue weighted by Crippen LogP contribution is -2.56. The SMILES string of the molecule is O=C(Nc1ccccc1)N1CCN(C[C@@H]2CCCN2C(=O)CN2CCC[C@H](NS(=O)(=O)C=Cc3ccc(Cl)s3)C2=O)CC1. The molecule has 1 aromatic heterocycles. The molecule has 14 heteroatoms. The number of amides is 4. The molecule has 2 N–H and O–H groups in total. The van der Waals surface area contributed by atoms with Gasteiger partial charge in [-0.25, -0.2) is 13.2 Å². The number of likely N-dealkylation sites (tertiary alicyclic amines) is 2. The maximum absolute atomic E-state index is 13.4. The van der Waals surface area contributed by atoms with E-state index in [2.05, 4.69) is 14.9 Å². The molecule has 3 aliphatic rings. The number of piperidine rings is 1. The molecule has 0 radical (unpaired) electrons. The zero-order valence-electron chi connectivity index (χ0n) is 23.9. The number of nitrogens with zero attached hydrogens (tertiary/aromatic N) is 4. The standard InChI is InChI=1S/C29H37ClN6O5S2/c30-26-11-10-24(42-26)12-19-43(40,41)32-25-9-5-13-35(28(25)38)21-27(37)36-14-4-8-23(36)20-33-15-17-34(18-16-33)29(39)31-22-6-2-1-3-7-22/h1-3,6-7,10-12,19,23,25,32H,4-5,8-9,13-18,20-21H2,(H,31,39)/t23-,25-/m0/s1. The van der Waals surface area contributed by atoms with E-state index in [1.807, 2.05) is 35.2 Å². The Morgan fingerprint density at radius 3 is 2.44 bits per heavy atom. The molecule has 4 heterocycles. The molecule has 0 bridgehead atoms. The van der Waals surface area contributed by atoms with Crippen LogP contribution in [0, 0.1) is 0 Å². The van der Waals surface area contributed by atoms with Crippen LogP contribution in [-0.4, -0.2) is 110 Å². The van der Waals surface area contributed by atoms with E-state index in [0.717, 1.165) is 43.6 Å². The van der Waals surface area contributed by atoms with E-state index < -0.39 is 16.1 Å². The van der Waals surface area contributed by atoms with Crippen LogP contribution in [0.1, 0.15) is 30.6 Å². The zero-order chi connectivity index (χ0) is 30.4. The lowest BCUT2D eigenvalue weighted by molar-refractivity contribution is -0.143. The maximum Gasteiger partial charge on any atom is 0.321 e. The van der Waals surface area contributed by atoms with Gasteiger partial charge in [0.15, 0.2) is 0 Å². The van der Waals surface area contributed by atoms with Crippen LogP contribution in [0.4, 0.5) is 10.5 Å². The number of para-hydroxylation sites is 1. The van der Waals surface area contributed by atoms with Crippen molar-refractivity contribution in [2.45, 2.75) is 37.8 Å². The Hall–Kier alpha value is -2.97. The van der Waals surface area contributed by atoms with Crippen LogP contribution < -0.4 is 10.0 Å². The van der Waals surface area contributed by atoms with Gasteiger partial charge in [0.25, 0.3) is 0 Å². The van der Waals surface area contributed by atoms with E-state index in [0.29, 0.717) is 48.2 Å². The summed E-state index contributed by atoms with van der Waals surface area (Å²) in [5, 5.41) is 3.97. The highest BCUT2D eigenvalue weighted by Gasteiger charge is 2.36. The van der Waals surface area contributed by atoms with Gasteiger partial charge in [-0.2, -0.15) is 4.72 Å². The molecule has 3 aliphatic heterocycles. The molecule has 0 aliphatic carbocycles. The summed E-state index contributed by atoms with van der Waals surface area (Å²) in [5.41, 5.74) is 0.766. The first-order valence-corrected chi connectivity index (χ1v) is 17.3. The highest BCUT2D eigenvalue weighted by atomic mass is 35.5. The topological polar surface area (TPSA) is 122 Å². The smallest absolute Gasteiger partial charge is 0.321 e. The number of halogens is 1. The lowest BCUT2D eigenvalue weighted by Gasteiger charge is -2.38. The molecule has 3 fully saturated rings. The van der Waals surface area contributed by atoms with E-state index in [-0.39, 0.29) is 30.4 Å². The first-order chi connectivity index (χ1) is 20.7. The highest BCUT2D eigenvalue weighted by molar-refractivity contribution is 7.92. The van der Waals surface area contributed by atoms with E-state index in [9.17, 15) is 22.8 Å². The Morgan fingerprint density at radius 1 is 0.977 bits per heavy atom. The molecule has 2 atom stereocenters. The number of nitrogens with one attached hydrogen (secondary N) is 2. The molecule has 1 aromatic carbocycles. The zero-order valence-corrected chi connectivity index (χ0v) is 26.2. The van der Waals surface area contributed by atoms with Crippen molar-refractivity contribution in [1.29, 1.82) is 0 Å². The number of hydrogen-bond acceptors (Lipinski definition) is 7. The molecular weight excluding hydrogens is 612 g/mol. The maximum atomic E-state index is 13.4. The van der Waals surface area contributed by atoms with E-state index in [1.54, 1.807) is 17.0 Å².